The number of hydrogen-bond acceptors (Lipinski definition) is 3. The van der Waals surface area contributed by atoms with Crippen molar-refractivity contribution < 1.29 is 4.79 Å². The lowest BCUT2D eigenvalue weighted by Crippen LogP contribution is -2.54. The highest BCUT2D eigenvalue weighted by molar-refractivity contribution is 5.82. The van der Waals surface area contributed by atoms with Crippen LogP contribution in [0.4, 0.5) is 0 Å². The zero-order chi connectivity index (χ0) is 13.1. The molecule has 0 aromatic carbocycles. The zero-order valence-corrected chi connectivity index (χ0v) is 12.0. The molecule has 0 spiro atoms. The van der Waals surface area contributed by atoms with Gasteiger partial charge in [-0.15, -0.1) is 0 Å². The summed E-state index contributed by atoms with van der Waals surface area (Å²) in [6.45, 7) is 7.26. The van der Waals surface area contributed by atoms with Gasteiger partial charge in [0.25, 0.3) is 0 Å². The van der Waals surface area contributed by atoms with Crippen molar-refractivity contribution in [3.8, 4) is 0 Å². The molecule has 0 aromatic heterocycles. The molecule has 2 heterocycles. The second-order valence-electron chi connectivity index (χ2n) is 6.08. The number of hydrogen-bond donors (Lipinski definition) is 1. The molecule has 2 rings (SSSR count). The first-order valence-electron chi connectivity index (χ1n) is 7.33. The summed E-state index contributed by atoms with van der Waals surface area (Å²) in [6, 6.07) is 1.00. The normalized spacial score (nSPS) is 30.4. The van der Waals surface area contributed by atoms with Crippen LogP contribution in [0.15, 0.2) is 0 Å². The Morgan fingerprint density at radius 3 is 2.61 bits per heavy atom. The monoisotopic (exact) mass is 253 g/mol. The second kappa shape index (κ2) is 6.02. The van der Waals surface area contributed by atoms with E-state index in [1.165, 1.54) is 19.4 Å². The van der Waals surface area contributed by atoms with Crippen LogP contribution in [0.3, 0.4) is 0 Å². The van der Waals surface area contributed by atoms with E-state index in [0.717, 1.165) is 25.9 Å². The van der Waals surface area contributed by atoms with Crippen molar-refractivity contribution in [1.29, 1.82) is 0 Å². The van der Waals surface area contributed by atoms with Crippen molar-refractivity contribution in [2.45, 2.75) is 57.7 Å². The summed E-state index contributed by atoms with van der Waals surface area (Å²) in [5.74, 6) is 0.315. The molecule has 0 aromatic rings. The highest BCUT2D eigenvalue weighted by atomic mass is 16.2. The van der Waals surface area contributed by atoms with Gasteiger partial charge in [0.05, 0.1) is 6.04 Å². The molecule has 2 fully saturated rings. The highest BCUT2D eigenvalue weighted by Crippen LogP contribution is 2.19. The predicted molar refractivity (Wildman–Crippen MR) is 73.5 cm³/mol. The number of carbonyl (C=O) groups excluding carboxylic acids is 1. The van der Waals surface area contributed by atoms with Crippen molar-refractivity contribution in [3.63, 3.8) is 0 Å². The van der Waals surface area contributed by atoms with Crippen LogP contribution in [-0.4, -0.2) is 60.5 Å². The lowest BCUT2D eigenvalue weighted by molar-refractivity contribution is -0.136. The molecule has 1 N–H and O–H groups in total. The summed E-state index contributed by atoms with van der Waals surface area (Å²) in [5.41, 5.74) is 0. The van der Waals surface area contributed by atoms with E-state index in [0.29, 0.717) is 18.0 Å². The summed E-state index contributed by atoms with van der Waals surface area (Å²) >= 11 is 0. The van der Waals surface area contributed by atoms with E-state index in [2.05, 4.69) is 36.0 Å². The largest absolute Gasteiger partial charge is 0.340 e. The van der Waals surface area contributed by atoms with Crippen LogP contribution >= 0.6 is 0 Å². The number of likely N-dealkylation sites (tertiary alicyclic amines) is 2. The first-order chi connectivity index (χ1) is 8.58. The lowest BCUT2D eigenvalue weighted by Gasteiger charge is -2.36. The van der Waals surface area contributed by atoms with Gasteiger partial charge >= 0.3 is 0 Å². The molecular formula is C14H27N3O. The van der Waals surface area contributed by atoms with Crippen molar-refractivity contribution in [3.05, 3.63) is 0 Å². The van der Waals surface area contributed by atoms with E-state index in [1.807, 2.05) is 0 Å². The average Bonchev–Trinajstić information content (AvgIpc) is 2.70. The van der Waals surface area contributed by atoms with Crippen LogP contribution in [0.1, 0.15) is 39.5 Å². The van der Waals surface area contributed by atoms with Gasteiger partial charge in [0.15, 0.2) is 0 Å². The van der Waals surface area contributed by atoms with Crippen LogP contribution in [0.25, 0.3) is 0 Å². The average molecular weight is 253 g/mol. The minimum atomic E-state index is 0.0467. The van der Waals surface area contributed by atoms with Gasteiger partial charge in [-0.25, -0.2) is 0 Å². The topological polar surface area (TPSA) is 35.6 Å². The number of nitrogens with one attached hydrogen (secondary N) is 1. The van der Waals surface area contributed by atoms with Crippen molar-refractivity contribution in [2.75, 3.05) is 26.7 Å². The molecule has 18 heavy (non-hydrogen) atoms. The predicted octanol–water partition coefficient (Wildman–Crippen LogP) is 1.07. The first kappa shape index (κ1) is 13.8. The fourth-order valence-electron chi connectivity index (χ4n) is 3.14. The summed E-state index contributed by atoms with van der Waals surface area (Å²) in [5, 5.41) is 3.39. The molecule has 0 aliphatic carbocycles. The van der Waals surface area contributed by atoms with E-state index in [4.69, 9.17) is 0 Å². The Hall–Kier alpha value is -0.610. The molecule has 4 heteroatoms. The van der Waals surface area contributed by atoms with E-state index >= 15 is 0 Å². The van der Waals surface area contributed by atoms with Crippen LogP contribution < -0.4 is 5.32 Å². The molecule has 2 unspecified atom stereocenters. The maximum atomic E-state index is 12.4. The molecule has 0 radical (unpaired) electrons. The maximum Gasteiger partial charge on any atom is 0.239 e. The van der Waals surface area contributed by atoms with Gasteiger partial charge < -0.3 is 15.1 Å². The molecule has 0 bridgehead atoms. The van der Waals surface area contributed by atoms with Crippen molar-refractivity contribution in [1.82, 2.24) is 15.1 Å². The maximum absolute atomic E-state index is 12.4. The molecule has 2 saturated heterocycles. The van der Waals surface area contributed by atoms with E-state index in [1.54, 1.807) is 0 Å². The van der Waals surface area contributed by atoms with Crippen LogP contribution in [0.5, 0.6) is 0 Å². The van der Waals surface area contributed by atoms with E-state index < -0.39 is 0 Å². The third kappa shape index (κ3) is 3.23. The number of amides is 1. The van der Waals surface area contributed by atoms with E-state index in [-0.39, 0.29) is 6.04 Å². The van der Waals surface area contributed by atoms with Gasteiger partial charge in [-0.05, 0) is 39.3 Å². The molecular weight excluding hydrogens is 226 g/mol. The molecule has 1 amide bonds. The standard InChI is InChI=1S/C14H27N3O/c1-11(2)15-13-7-5-9-17(14(13)18)10-12-6-4-8-16(12)3/h11-13,15H,4-10H2,1-3H3. The summed E-state index contributed by atoms with van der Waals surface area (Å²) in [4.78, 5) is 16.9. The Morgan fingerprint density at radius 2 is 2.00 bits per heavy atom. The number of nitrogens with zero attached hydrogens (tertiary/aromatic N) is 2. The summed E-state index contributed by atoms with van der Waals surface area (Å²) in [7, 11) is 2.18. The number of carbonyl (C=O) groups is 1. The Bertz CT molecular complexity index is 293. The molecule has 2 atom stereocenters. The van der Waals surface area contributed by atoms with Crippen molar-refractivity contribution >= 4 is 5.91 Å². The summed E-state index contributed by atoms with van der Waals surface area (Å²) < 4.78 is 0. The summed E-state index contributed by atoms with van der Waals surface area (Å²) in [6.07, 6.45) is 4.64. The fourth-order valence-corrected chi connectivity index (χ4v) is 3.14. The Kier molecular flexibility index (Phi) is 4.62. The first-order valence-corrected chi connectivity index (χ1v) is 7.33. The molecule has 2 aliphatic heterocycles. The minimum Gasteiger partial charge on any atom is -0.340 e. The minimum absolute atomic E-state index is 0.0467. The van der Waals surface area contributed by atoms with Crippen molar-refractivity contribution in [2.24, 2.45) is 0 Å². The molecule has 104 valence electrons. The Labute approximate surface area is 111 Å². The van der Waals surface area contributed by atoms with Gasteiger partial charge in [0.1, 0.15) is 0 Å². The molecule has 4 nitrogen and oxygen atoms in total. The third-order valence-electron chi connectivity index (χ3n) is 4.17. The van der Waals surface area contributed by atoms with Crippen LogP contribution in [-0.2, 0) is 4.79 Å². The SMILES string of the molecule is CC(C)NC1CCCN(CC2CCCN2C)C1=O. The fraction of sp³-hybridized carbons (Fsp3) is 0.929. The van der Waals surface area contributed by atoms with Gasteiger partial charge in [0.2, 0.25) is 5.91 Å². The van der Waals surface area contributed by atoms with E-state index in [9.17, 15) is 4.79 Å². The number of likely N-dealkylation sites (N-methyl/N-ethyl adjacent to an activating group) is 1. The lowest BCUT2D eigenvalue weighted by atomic mass is 10.0. The van der Waals surface area contributed by atoms with Gasteiger partial charge in [-0.3, -0.25) is 4.79 Å². The number of piperidine rings is 1. The third-order valence-corrected chi connectivity index (χ3v) is 4.17. The van der Waals surface area contributed by atoms with Gasteiger partial charge in [-0.1, -0.05) is 13.8 Å². The van der Waals surface area contributed by atoms with Gasteiger partial charge in [0, 0.05) is 25.2 Å². The highest BCUT2D eigenvalue weighted by Gasteiger charge is 2.32. The zero-order valence-electron chi connectivity index (χ0n) is 12.0. The van der Waals surface area contributed by atoms with Gasteiger partial charge in [-0.2, -0.15) is 0 Å². The Balaban J connectivity index is 1.89. The molecule has 0 saturated carbocycles. The smallest absolute Gasteiger partial charge is 0.239 e. The number of rotatable bonds is 4. The quantitative estimate of drug-likeness (QED) is 0.814. The second-order valence-corrected chi connectivity index (χ2v) is 6.08. The van der Waals surface area contributed by atoms with Crippen LogP contribution in [0, 0.1) is 0 Å². The van der Waals surface area contributed by atoms with Crippen LogP contribution in [0.2, 0.25) is 0 Å². The molecule has 2 aliphatic rings. The Morgan fingerprint density at radius 1 is 1.28 bits per heavy atom.